The largest absolute Gasteiger partial charge is 0.478 e. The Bertz CT molecular complexity index is 659. The molecular weight excluding hydrogens is 383 g/mol. The van der Waals surface area contributed by atoms with E-state index < -0.39 is 5.97 Å². The molecule has 0 spiro atoms. The number of carbonyl (C=O) groups is 2. The zero-order chi connectivity index (χ0) is 15.2. The topological polar surface area (TPSA) is 79.3 Å². The van der Waals surface area contributed by atoms with Gasteiger partial charge in [-0.15, -0.1) is 0 Å². The Kier molecular flexibility index (Phi) is 5.26. The van der Waals surface area contributed by atoms with Crippen LogP contribution in [0.15, 0.2) is 42.7 Å². The molecule has 2 aromatic rings. The van der Waals surface area contributed by atoms with Gasteiger partial charge in [0.1, 0.15) is 0 Å². The molecule has 108 valence electrons. The van der Waals surface area contributed by atoms with Gasteiger partial charge in [0, 0.05) is 22.4 Å². The number of nitrogens with zero attached hydrogens (tertiary/aromatic N) is 1. The van der Waals surface area contributed by atoms with Gasteiger partial charge < -0.3 is 10.4 Å². The van der Waals surface area contributed by atoms with Gasteiger partial charge in [-0.2, -0.15) is 0 Å². The molecule has 21 heavy (non-hydrogen) atoms. The second kappa shape index (κ2) is 7.16. The van der Waals surface area contributed by atoms with Crippen LogP contribution in [-0.4, -0.2) is 22.0 Å². The van der Waals surface area contributed by atoms with Crippen molar-refractivity contribution in [3.05, 3.63) is 57.4 Å². The van der Waals surface area contributed by atoms with Crippen LogP contribution in [0.3, 0.4) is 0 Å². The number of aromatic nitrogens is 1. The Hall–Kier alpha value is -1.96. The summed E-state index contributed by atoms with van der Waals surface area (Å²) in [6.07, 6.45) is 4.22. The molecule has 0 aliphatic heterocycles. The Morgan fingerprint density at radius 1 is 1.19 bits per heavy atom. The summed E-state index contributed by atoms with van der Waals surface area (Å²) in [6, 6.07) is 8.59. The Balaban J connectivity index is 2.01. The Labute approximate surface area is 135 Å². The normalized spacial score (nSPS) is 10.1. The van der Waals surface area contributed by atoms with E-state index in [1.54, 1.807) is 24.5 Å². The zero-order valence-corrected chi connectivity index (χ0v) is 13.2. The van der Waals surface area contributed by atoms with Gasteiger partial charge in [-0.1, -0.05) is 0 Å². The summed E-state index contributed by atoms with van der Waals surface area (Å²) in [5.41, 5.74) is 1.43. The lowest BCUT2D eigenvalue weighted by Crippen LogP contribution is -2.15. The van der Waals surface area contributed by atoms with Gasteiger partial charge in [0.15, 0.2) is 0 Å². The summed E-state index contributed by atoms with van der Waals surface area (Å²) in [7, 11) is 0. The van der Waals surface area contributed by atoms with Gasteiger partial charge in [0.05, 0.1) is 11.3 Å². The SMILES string of the molecule is O=C(CCc1ccncc1)Nc1ccc(I)cc1C(=O)O. The number of amides is 1. The van der Waals surface area contributed by atoms with E-state index in [0.29, 0.717) is 12.1 Å². The number of hydrogen-bond donors (Lipinski definition) is 2. The van der Waals surface area contributed by atoms with Gasteiger partial charge in [0.25, 0.3) is 0 Å². The number of nitrogens with one attached hydrogen (secondary N) is 1. The smallest absolute Gasteiger partial charge is 0.337 e. The van der Waals surface area contributed by atoms with Crippen LogP contribution in [0.25, 0.3) is 0 Å². The van der Waals surface area contributed by atoms with Crippen LogP contribution in [0.1, 0.15) is 22.3 Å². The minimum atomic E-state index is -1.06. The van der Waals surface area contributed by atoms with Crippen molar-refractivity contribution in [3.8, 4) is 0 Å². The number of aromatic carboxylic acids is 1. The van der Waals surface area contributed by atoms with Crippen molar-refractivity contribution in [3.63, 3.8) is 0 Å². The third kappa shape index (κ3) is 4.52. The molecule has 0 unspecified atom stereocenters. The van der Waals surface area contributed by atoms with E-state index in [4.69, 9.17) is 5.11 Å². The van der Waals surface area contributed by atoms with E-state index in [-0.39, 0.29) is 17.9 Å². The highest BCUT2D eigenvalue weighted by Gasteiger charge is 2.13. The standard InChI is InChI=1S/C15H13IN2O3/c16-11-2-3-13(12(9-11)15(20)21)18-14(19)4-1-10-5-7-17-8-6-10/h2-3,5-9H,1,4H2,(H,18,19)(H,20,21). The van der Waals surface area contributed by atoms with E-state index in [1.165, 1.54) is 6.07 Å². The molecule has 1 aromatic heterocycles. The second-order valence-electron chi connectivity index (χ2n) is 4.40. The number of anilines is 1. The number of carbonyl (C=O) groups excluding carboxylic acids is 1. The summed E-state index contributed by atoms with van der Waals surface area (Å²) in [4.78, 5) is 27.0. The quantitative estimate of drug-likeness (QED) is 0.762. The summed E-state index contributed by atoms with van der Waals surface area (Å²) in [6.45, 7) is 0. The number of carboxylic acids is 1. The molecule has 0 fully saturated rings. The van der Waals surface area contributed by atoms with Gasteiger partial charge in [-0.3, -0.25) is 9.78 Å². The first-order valence-electron chi connectivity index (χ1n) is 6.28. The predicted molar refractivity (Wildman–Crippen MR) is 87.3 cm³/mol. The third-order valence-electron chi connectivity index (χ3n) is 2.88. The minimum absolute atomic E-state index is 0.0964. The van der Waals surface area contributed by atoms with Crippen molar-refractivity contribution in [1.29, 1.82) is 0 Å². The number of rotatable bonds is 5. The first-order valence-corrected chi connectivity index (χ1v) is 7.36. The average Bonchev–Trinajstić information content (AvgIpc) is 2.48. The molecule has 0 bridgehead atoms. The van der Waals surface area contributed by atoms with Crippen molar-refractivity contribution in [2.75, 3.05) is 5.32 Å². The number of carboxylic acid groups (broad SMARTS) is 1. The number of benzene rings is 1. The summed E-state index contributed by atoms with van der Waals surface area (Å²) in [5, 5.41) is 11.8. The molecule has 1 aromatic carbocycles. The highest BCUT2D eigenvalue weighted by atomic mass is 127. The number of aryl methyl sites for hydroxylation is 1. The van der Waals surface area contributed by atoms with E-state index in [0.717, 1.165) is 9.13 Å². The third-order valence-corrected chi connectivity index (χ3v) is 3.55. The van der Waals surface area contributed by atoms with Gasteiger partial charge in [0.2, 0.25) is 5.91 Å². The number of hydrogen-bond acceptors (Lipinski definition) is 3. The molecule has 6 heteroatoms. The van der Waals surface area contributed by atoms with Crippen LogP contribution < -0.4 is 5.32 Å². The lowest BCUT2D eigenvalue weighted by atomic mass is 10.1. The molecule has 5 nitrogen and oxygen atoms in total. The molecule has 0 saturated heterocycles. The zero-order valence-electron chi connectivity index (χ0n) is 11.0. The monoisotopic (exact) mass is 396 g/mol. The van der Waals surface area contributed by atoms with Gasteiger partial charge in [-0.25, -0.2) is 4.79 Å². The molecule has 1 heterocycles. The van der Waals surface area contributed by atoms with Crippen LogP contribution in [0.2, 0.25) is 0 Å². The van der Waals surface area contributed by atoms with Crippen molar-refractivity contribution in [1.82, 2.24) is 4.98 Å². The van der Waals surface area contributed by atoms with E-state index in [9.17, 15) is 9.59 Å². The fraction of sp³-hybridized carbons (Fsp3) is 0.133. The maximum Gasteiger partial charge on any atom is 0.337 e. The summed E-state index contributed by atoms with van der Waals surface area (Å²) >= 11 is 2.03. The highest BCUT2D eigenvalue weighted by molar-refractivity contribution is 14.1. The first-order chi connectivity index (χ1) is 10.1. The van der Waals surface area contributed by atoms with Gasteiger partial charge in [-0.05, 0) is 64.9 Å². The Morgan fingerprint density at radius 3 is 2.57 bits per heavy atom. The van der Waals surface area contributed by atoms with E-state index >= 15 is 0 Å². The predicted octanol–water partition coefficient (Wildman–Crippen LogP) is 2.96. The molecule has 0 aliphatic carbocycles. The molecule has 0 atom stereocenters. The van der Waals surface area contributed by atoms with Crippen molar-refractivity contribution < 1.29 is 14.7 Å². The van der Waals surface area contributed by atoms with Crippen LogP contribution in [0.5, 0.6) is 0 Å². The molecule has 0 saturated carbocycles. The van der Waals surface area contributed by atoms with Crippen LogP contribution >= 0.6 is 22.6 Å². The van der Waals surface area contributed by atoms with Crippen LogP contribution in [0, 0.1) is 3.57 Å². The number of pyridine rings is 1. The number of halogens is 1. The molecule has 1 amide bonds. The van der Waals surface area contributed by atoms with Crippen LogP contribution in [0.4, 0.5) is 5.69 Å². The lowest BCUT2D eigenvalue weighted by molar-refractivity contribution is -0.116. The van der Waals surface area contributed by atoms with Crippen LogP contribution in [-0.2, 0) is 11.2 Å². The fourth-order valence-corrected chi connectivity index (χ4v) is 2.31. The van der Waals surface area contributed by atoms with Gasteiger partial charge >= 0.3 is 5.97 Å². The maximum atomic E-state index is 11.9. The fourth-order valence-electron chi connectivity index (χ4n) is 1.82. The average molecular weight is 396 g/mol. The minimum Gasteiger partial charge on any atom is -0.478 e. The van der Waals surface area contributed by atoms with E-state index in [1.807, 2.05) is 34.7 Å². The maximum absolute atomic E-state index is 11.9. The molecule has 2 rings (SSSR count). The second-order valence-corrected chi connectivity index (χ2v) is 5.64. The molecule has 2 N–H and O–H groups in total. The lowest BCUT2D eigenvalue weighted by Gasteiger charge is -2.09. The summed E-state index contributed by atoms with van der Waals surface area (Å²) in [5.74, 6) is -1.27. The Morgan fingerprint density at radius 2 is 1.90 bits per heavy atom. The van der Waals surface area contributed by atoms with E-state index in [2.05, 4.69) is 10.3 Å². The molecule has 0 radical (unpaired) electrons. The summed E-state index contributed by atoms with van der Waals surface area (Å²) < 4.78 is 0.805. The molecule has 0 aliphatic rings. The van der Waals surface area contributed by atoms with Crippen molar-refractivity contribution >= 4 is 40.2 Å². The van der Waals surface area contributed by atoms with Crippen molar-refractivity contribution in [2.45, 2.75) is 12.8 Å². The van der Waals surface area contributed by atoms with Crippen molar-refractivity contribution in [2.24, 2.45) is 0 Å². The highest BCUT2D eigenvalue weighted by Crippen LogP contribution is 2.19. The first kappa shape index (κ1) is 15.4. The molecular formula is C15H13IN2O3.